The molecule has 202 valence electrons. The third-order valence-electron chi connectivity index (χ3n) is 6.91. The Morgan fingerprint density at radius 1 is 0.854 bits per heavy atom. The summed E-state index contributed by atoms with van der Waals surface area (Å²) in [4.78, 5) is 27.6. The molecule has 0 bridgehead atoms. The average molecular weight is 558 g/mol. The molecule has 2 heterocycles. The van der Waals surface area contributed by atoms with Crippen LogP contribution in [0, 0.1) is 0 Å². The van der Waals surface area contributed by atoms with Gasteiger partial charge in [0.15, 0.2) is 16.8 Å². The standard InChI is InChI=1S/C33H27N5O2S/c1-37-28-15-9-8-14-27(28)31-35-36-33(38(31)32(37)25-12-6-3-7-13-25)41-22-30(40)34-26-19-17-24(18-20-26)29(39)21-16-23-10-4-2-5-11-23/h2-21,32H,22H2,1H3,(H,34,40)/b21-16+. The summed E-state index contributed by atoms with van der Waals surface area (Å²) in [5.41, 5.74) is 5.31. The number of benzene rings is 4. The van der Waals surface area contributed by atoms with Crippen LogP contribution in [0.5, 0.6) is 0 Å². The zero-order chi connectivity index (χ0) is 28.2. The van der Waals surface area contributed by atoms with E-state index in [1.165, 1.54) is 11.8 Å². The number of hydrogen-bond donors (Lipinski definition) is 1. The second kappa shape index (κ2) is 11.7. The fourth-order valence-electron chi connectivity index (χ4n) is 4.93. The van der Waals surface area contributed by atoms with Crippen molar-refractivity contribution in [2.45, 2.75) is 11.3 Å². The van der Waals surface area contributed by atoms with Crippen molar-refractivity contribution in [1.29, 1.82) is 0 Å². The number of fused-ring (bicyclic) bond motifs is 3. The summed E-state index contributed by atoms with van der Waals surface area (Å²) in [6, 6.07) is 34.9. The van der Waals surface area contributed by atoms with Gasteiger partial charge in [0.25, 0.3) is 0 Å². The fourth-order valence-corrected chi connectivity index (χ4v) is 5.69. The number of allylic oxidation sites excluding steroid dienone is 1. The number of carbonyl (C=O) groups excluding carboxylic acids is 2. The van der Waals surface area contributed by atoms with Gasteiger partial charge in [-0.1, -0.05) is 90.6 Å². The molecule has 4 aromatic carbocycles. The zero-order valence-electron chi connectivity index (χ0n) is 22.3. The molecule has 1 unspecified atom stereocenters. The lowest BCUT2D eigenvalue weighted by Gasteiger charge is -2.37. The molecule has 7 nitrogen and oxygen atoms in total. The molecule has 0 aliphatic carbocycles. The Kier molecular flexibility index (Phi) is 7.47. The quantitative estimate of drug-likeness (QED) is 0.132. The molecule has 1 amide bonds. The fraction of sp³-hybridized carbons (Fsp3) is 0.0909. The molecule has 0 fully saturated rings. The van der Waals surface area contributed by atoms with Crippen LogP contribution in [0.15, 0.2) is 120 Å². The van der Waals surface area contributed by atoms with Gasteiger partial charge in [0.1, 0.15) is 6.17 Å². The van der Waals surface area contributed by atoms with Gasteiger partial charge in [-0.3, -0.25) is 14.2 Å². The highest BCUT2D eigenvalue weighted by molar-refractivity contribution is 7.99. The molecule has 5 aromatic rings. The Labute approximate surface area is 242 Å². The number of anilines is 2. The van der Waals surface area contributed by atoms with E-state index in [1.54, 1.807) is 36.4 Å². The van der Waals surface area contributed by atoms with Crippen LogP contribution in [0.3, 0.4) is 0 Å². The first kappa shape index (κ1) is 26.3. The summed E-state index contributed by atoms with van der Waals surface area (Å²) in [7, 11) is 2.06. The number of nitrogens with one attached hydrogen (secondary N) is 1. The van der Waals surface area contributed by atoms with Gasteiger partial charge >= 0.3 is 0 Å². The molecule has 0 spiro atoms. The number of nitrogens with zero attached hydrogens (tertiary/aromatic N) is 4. The van der Waals surface area contributed by atoms with Gasteiger partial charge in [-0.15, -0.1) is 10.2 Å². The lowest BCUT2D eigenvalue weighted by Crippen LogP contribution is -2.34. The van der Waals surface area contributed by atoms with Gasteiger partial charge < -0.3 is 10.2 Å². The molecule has 1 atom stereocenters. The molecular weight excluding hydrogens is 530 g/mol. The van der Waals surface area contributed by atoms with Gasteiger partial charge in [-0.2, -0.15) is 0 Å². The van der Waals surface area contributed by atoms with Crippen LogP contribution in [-0.2, 0) is 4.79 Å². The Hall–Kier alpha value is -4.95. The maximum absolute atomic E-state index is 12.9. The van der Waals surface area contributed by atoms with Crippen molar-refractivity contribution < 1.29 is 9.59 Å². The summed E-state index contributed by atoms with van der Waals surface area (Å²) in [5, 5.41) is 12.6. The molecule has 8 heteroatoms. The molecule has 1 aliphatic heterocycles. The van der Waals surface area contributed by atoms with Crippen molar-refractivity contribution in [2.75, 3.05) is 23.0 Å². The van der Waals surface area contributed by atoms with E-state index in [1.807, 2.05) is 66.7 Å². The second-order valence-corrected chi connectivity index (χ2v) is 10.6. The summed E-state index contributed by atoms with van der Waals surface area (Å²) in [6.45, 7) is 0. The number of hydrogen-bond acceptors (Lipinski definition) is 6. The minimum atomic E-state index is -0.170. The predicted octanol–water partition coefficient (Wildman–Crippen LogP) is 6.57. The monoisotopic (exact) mass is 557 g/mol. The maximum Gasteiger partial charge on any atom is 0.234 e. The number of para-hydroxylation sites is 1. The van der Waals surface area contributed by atoms with Gasteiger partial charge in [0.2, 0.25) is 5.91 Å². The summed E-state index contributed by atoms with van der Waals surface area (Å²) in [6.07, 6.45) is 3.19. The van der Waals surface area contributed by atoms with Gasteiger partial charge in [-0.25, -0.2) is 0 Å². The van der Waals surface area contributed by atoms with E-state index in [2.05, 4.69) is 50.2 Å². The van der Waals surface area contributed by atoms with E-state index in [0.717, 1.165) is 28.2 Å². The Bertz CT molecular complexity index is 1720. The van der Waals surface area contributed by atoms with Crippen molar-refractivity contribution in [3.63, 3.8) is 0 Å². The Balaban J connectivity index is 1.15. The van der Waals surface area contributed by atoms with Crippen LogP contribution >= 0.6 is 11.8 Å². The van der Waals surface area contributed by atoms with E-state index >= 15 is 0 Å². The third-order valence-corrected chi connectivity index (χ3v) is 7.85. The Morgan fingerprint density at radius 2 is 1.54 bits per heavy atom. The van der Waals surface area contributed by atoms with Crippen molar-refractivity contribution in [3.8, 4) is 11.4 Å². The predicted molar refractivity (Wildman–Crippen MR) is 164 cm³/mol. The second-order valence-electron chi connectivity index (χ2n) is 9.61. The van der Waals surface area contributed by atoms with E-state index in [9.17, 15) is 9.59 Å². The lowest BCUT2D eigenvalue weighted by molar-refractivity contribution is -0.113. The molecular formula is C33H27N5O2S. The highest BCUT2D eigenvalue weighted by atomic mass is 32.2. The van der Waals surface area contributed by atoms with Crippen molar-refractivity contribution in [2.24, 2.45) is 0 Å². The molecule has 0 saturated heterocycles. The molecule has 0 radical (unpaired) electrons. The summed E-state index contributed by atoms with van der Waals surface area (Å²) < 4.78 is 2.10. The van der Waals surface area contributed by atoms with Crippen molar-refractivity contribution >= 4 is 40.9 Å². The molecule has 1 aliphatic rings. The number of amides is 1. The minimum absolute atomic E-state index is 0.0987. The molecule has 0 saturated carbocycles. The number of carbonyl (C=O) groups is 2. The largest absolute Gasteiger partial charge is 0.350 e. The lowest BCUT2D eigenvalue weighted by atomic mass is 10.0. The zero-order valence-corrected chi connectivity index (χ0v) is 23.2. The third kappa shape index (κ3) is 5.55. The van der Waals surface area contributed by atoms with Gasteiger partial charge in [0, 0.05) is 29.5 Å². The topological polar surface area (TPSA) is 80.1 Å². The van der Waals surface area contributed by atoms with Crippen molar-refractivity contribution in [1.82, 2.24) is 14.8 Å². The average Bonchev–Trinajstić information content (AvgIpc) is 3.44. The molecule has 41 heavy (non-hydrogen) atoms. The van der Waals surface area contributed by atoms with Crippen LogP contribution in [0.2, 0.25) is 0 Å². The minimum Gasteiger partial charge on any atom is -0.350 e. The number of rotatable bonds is 8. The first-order chi connectivity index (χ1) is 20.1. The van der Waals surface area contributed by atoms with Crippen LogP contribution < -0.4 is 10.2 Å². The van der Waals surface area contributed by atoms with E-state index in [4.69, 9.17) is 0 Å². The SMILES string of the molecule is CN1c2ccccc2-c2nnc(SCC(=O)Nc3ccc(C(=O)/C=C/c4ccccc4)cc3)n2C1c1ccccc1. The normalized spacial score (nSPS) is 14.0. The van der Waals surface area contributed by atoms with E-state index < -0.39 is 0 Å². The van der Waals surface area contributed by atoms with Crippen LogP contribution in [0.1, 0.15) is 27.7 Å². The molecule has 6 rings (SSSR count). The number of aromatic nitrogens is 3. The van der Waals surface area contributed by atoms with E-state index in [-0.39, 0.29) is 23.6 Å². The molecule has 1 N–H and O–H groups in total. The number of thioether (sulfide) groups is 1. The summed E-state index contributed by atoms with van der Waals surface area (Å²) in [5.74, 6) is 0.664. The number of ketones is 1. The van der Waals surface area contributed by atoms with Gasteiger partial charge in [0.05, 0.1) is 5.75 Å². The van der Waals surface area contributed by atoms with Crippen LogP contribution in [0.4, 0.5) is 11.4 Å². The van der Waals surface area contributed by atoms with Gasteiger partial charge in [-0.05, 0) is 53.6 Å². The first-order valence-electron chi connectivity index (χ1n) is 13.2. The van der Waals surface area contributed by atoms with Crippen molar-refractivity contribution in [3.05, 3.63) is 132 Å². The highest BCUT2D eigenvalue weighted by Gasteiger charge is 2.33. The highest BCUT2D eigenvalue weighted by Crippen LogP contribution is 2.43. The maximum atomic E-state index is 12.9. The summed E-state index contributed by atoms with van der Waals surface area (Å²) >= 11 is 1.34. The van der Waals surface area contributed by atoms with Crippen LogP contribution in [-0.4, -0.2) is 39.3 Å². The molecule has 1 aromatic heterocycles. The smallest absolute Gasteiger partial charge is 0.234 e. The Morgan fingerprint density at radius 3 is 2.29 bits per heavy atom. The van der Waals surface area contributed by atoms with E-state index in [0.29, 0.717) is 16.4 Å². The van der Waals surface area contributed by atoms with Crippen LogP contribution in [0.25, 0.3) is 17.5 Å². The first-order valence-corrected chi connectivity index (χ1v) is 14.2.